The van der Waals surface area contributed by atoms with Crippen molar-refractivity contribution in [2.45, 2.75) is 0 Å². The van der Waals surface area contributed by atoms with Gasteiger partial charge in [-0.15, -0.1) is 0 Å². The van der Waals surface area contributed by atoms with Crippen LogP contribution in [-0.4, -0.2) is 31.0 Å². The van der Waals surface area contributed by atoms with Gasteiger partial charge in [-0.2, -0.15) is 14.9 Å². The maximum Gasteiger partial charge on any atom is 0.269 e. The first kappa shape index (κ1) is 14.7. The summed E-state index contributed by atoms with van der Waals surface area (Å²) in [5.74, 6) is 0.480. The lowest BCUT2D eigenvalue weighted by molar-refractivity contribution is -0.384. The van der Waals surface area contributed by atoms with Gasteiger partial charge in [0, 0.05) is 18.3 Å². The number of hydrogen-bond acceptors (Lipinski definition) is 6. The molecule has 0 unspecified atom stereocenters. The van der Waals surface area contributed by atoms with Gasteiger partial charge in [0.2, 0.25) is 10.6 Å². The zero-order chi connectivity index (χ0) is 16.2. The standard InChI is InChI=1S/C14H10N6O2S/c21-20(22)11-6-4-10(5-7-11)9-16-19-13(17-18-14(19)23)12-3-1-2-8-15-12/h1-9H,(H,18,23)/b16-9+. The Kier molecular flexibility index (Phi) is 4.02. The molecule has 0 bridgehead atoms. The molecule has 0 spiro atoms. The molecule has 3 aromatic rings. The Morgan fingerprint density at radius 2 is 2.04 bits per heavy atom. The highest BCUT2D eigenvalue weighted by molar-refractivity contribution is 7.71. The van der Waals surface area contributed by atoms with Crippen molar-refractivity contribution >= 4 is 24.1 Å². The first-order valence-corrected chi connectivity index (χ1v) is 6.93. The van der Waals surface area contributed by atoms with E-state index in [1.54, 1.807) is 36.7 Å². The minimum absolute atomic E-state index is 0.0243. The normalized spacial score (nSPS) is 11.0. The number of hydrogen-bond donors (Lipinski definition) is 1. The number of nitrogens with one attached hydrogen (secondary N) is 1. The van der Waals surface area contributed by atoms with E-state index in [-0.39, 0.29) is 5.69 Å². The molecule has 8 nitrogen and oxygen atoms in total. The molecule has 0 amide bonds. The van der Waals surface area contributed by atoms with Crippen LogP contribution in [0.3, 0.4) is 0 Å². The average Bonchev–Trinajstić information content (AvgIpc) is 2.95. The number of benzene rings is 1. The van der Waals surface area contributed by atoms with E-state index in [1.807, 2.05) is 6.07 Å². The highest BCUT2D eigenvalue weighted by Crippen LogP contribution is 2.14. The predicted molar refractivity (Wildman–Crippen MR) is 86.7 cm³/mol. The lowest BCUT2D eigenvalue weighted by atomic mass is 10.2. The van der Waals surface area contributed by atoms with E-state index in [2.05, 4.69) is 20.3 Å². The van der Waals surface area contributed by atoms with E-state index in [9.17, 15) is 10.1 Å². The molecule has 0 aliphatic rings. The van der Waals surface area contributed by atoms with E-state index in [0.717, 1.165) is 0 Å². The van der Waals surface area contributed by atoms with E-state index >= 15 is 0 Å². The number of nitro groups is 1. The molecule has 1 N–H and O–H groups in total. The third kappa shape index (κ3) is 3.19. The molecule has 114 valence electrons. The molecule has 0 radical (unpaired) electrons. The molecule has 0 fully saturated rings. The zero-order valence-electron chi connectivity index (χ0n) is 11.7. The van der Waals surface area contributed by atoms with Gasteiger partial charge in [0.1, 0.15) is 5.69 Å². The molecular formula is C14H10N6O2S. The number of nitro benzene ring substituents is 1. The van der Waals surface area contributed by atoms with Crippen molar-refractivity contribution in [3.8, 4) is 11.5 Å². The molecule has 0 saturated heterocycles. The first-order valence-electron chi connectivity index (χ1n) is 6.53. The Morgan fingerprint density at radius 1 is 1.26 bits per heavy atom. The van der Waals surface area contributed by atoms with Crippen LogP contribution in [-0.2, 0) is 0 Å². The number of H-pyrrole nitrogens is 1. The molecule has 0 saturated carbocycles. The number of pyridine rings is 1. The second-order valence-electron chi connectivity index (χ2n) is 4.47. The van der Waals surface area contributed by atoms with E-state index in [1.165, 1.54) is 16.8 Å². The summed E-state index contributed by atoms with van der Waals surface area (Å²) >= 11 is 5.16. The van der Waals surface area contributed by atoms with Crippen LogP contribution in [0, 0.1) is 14.9 Å². The van der Waals surface area contributed by atoms with Gasteiger partial charge in [-0.05, 0) is 42.0 Å². The lowest BCUT2D eigenvalue weighted by Gasteiger charge is -1.99. The maximum atomic E-state index is 10.6. The minimum Gasteiger partial charge on any atom is -0.258 e. The first-order chi connectivity index (χ1) is 11.1. The van der Waals surface area contributed by atoms with Gasteiger partial charge in [-0.25, -0.2) is 5.10 Å². The fourth-order valence-electron chi connectivity index (χ4n) is 1.87. The van der Waals surface area contributed by atoms with Crippen LogP contribution in [0.5, 0.6) is 0 Å². The summed E-state index contributed by atoms with van der Waals surface area (Å²) in [7, 11) is 0. The van der Waals surface area contributed by atoms with Crippen molar-refractivity contribution in [1.29, 1.82) is 0 Å². The van der Waals surface area contributed by atoms with Crippen molar-refractivity contribution < 1.29 is 4.92 Å². The smallest absolute Gasteiger partial charge is 0.258 e. The summed E-state index contributed by atoms with van der Waals surface area (Å²) in [5, 5.41) is 21.7. The molecule has 1 aromatic carbocycles. The summed E-state index contributed by atoms with van der Waals surface area (Å²) in [5.41, 5.74) is 1.35. The van der Waals surface area contributed by atoms with Crippen LogP contribution in [0.1, 0.15) is 5.56 Å². The molecule has 0 aliphatic carbocycles. The molecular weight excluding hydrogens is 316 g/mol. The molecule has 2 heterocycles. The molecule has 0 aliphatic heterocycles. The van der Waals surface area contributed by atoms with Crippen LogP contribution in [0.2, 0.25) is 0 Å². The average molecular weight is 326 g/mol. The summed E-state index contributed by atoms with van der Waals surface area (Å²) in [6.07, 6.45) is 3.19. The largest absolute Gasteiger partial charge is 0.269 e. The third-order valence-corrected chi connectivity index (χ3v) is 3.23. The van der Waals surface area contributed by atoms with Crippen LogP contribution in [0.25, 0.3) is 11.5 Å². The summed E-state index contributed by atoms with van der Waals surface area (Å²) in [4.78, 5) is 14.4. The number of nitrogens with zero attached hydrogens (tertiary/aromatic N) is 5. The molecule has 0 atom stereocenters. The highest BCUT2D eigenvalue weighted by atomic mass is 32.1. The van der Waals surface area contributed by atoms with Gasteiger partial charge in [0.05, 0.1) is 11.1 Å². The monoisotopic (exact) mass is 326 g/mol. The fourth-order valence-corrected chi connectivity index (χ4v) is 2.05. The van der Waals surface area contributed by atoms with Gasteiger partial charge in [0.25, 0.3) is 5.69 Å². The summed E-state index contributed by atoms with van der Waals surface area (Å²) in [6.45, 7) is 0. The topological polar surface area (TPSA) is 102 Å². The van der Waals surface area contributed by atoms with Crippen molar-refractivity contribution in [2.75, 3.05) is 0 Å². The third-order valence-electron chi connectivity index (χ3n) is 2.97. The molecule has 23 heavy (non-hydrogen) atoms. The van der Waals surface area contributed by atoms with Crippen LogP contribution in [0.15, 0.2) is 53.8 Å². The molecule has 3 rings (SSSR count). The number of aromatic nitrogens is 4. The van der Waals surface area contributed by atoms with Crippen molar-refractivity contribution in [2.24, 2.45) is 5.10 Å². The number of rotatable bonds is 4. The summed E-state index contributed by atoms with van der Waals surface area (Å²) in [6, 6.07) is 11.5. The Bertz CT molecular complexity index is 914. The van der Waals surface area contributed by atoms with Crippen molar-refractivity contribution in [3.63, 3.8) is 0 Å². The zero-order valence-corrected chi connectivity index (χ0v) is 12.5. The van der Waals surface area contributed by atoms with Crippen molar-refractivity contribution in [1.82, 2.24) is 19.9 Å². The van der Waals surface area contributed by atoms with Gasteiger partial charge < -0.3 is 0 Å². The molecule has 2 aromatic heterocycles. The molecule has 9 heteroatoms. The second kappa shape index (κ2) is 6.28. The van der Waals surface area contributed by atoms with E-state index < -0.39 is 4.92 Å². The van der Waals surface area contributed by atoms with Gasteiger partial charge in [-0.1, -0.05) is 6.07 Å². The fraction of sp³-hybridized carbons (Fsp3) is 0. The van der Waals surface area contributed by atoms with Crippen LogP contribution < -0.4 is 0 Å². The van der Waals surface area contributed by atoms with Crippen LogP contribution in [0.4, 0.5) is 5.69 Å². The van der Waals surface area contributed by atoms with E-state index in [4.69, 9.17) is 12.2 Å². The van der Waals surface area contributed by atoms with Gasteiger partial charge in [-0.3, -0.25) is 15.1 Å². The summed E-state index contributed by atoms with van der Waals surface area (Å²) < 4.78 is 1.77. The lowest BCUT2D eigenvalue weighted by Crippen LogP contribution is -1.96. The van der Waals surface area contributed by atoms with Gasteiger partial charge >= 0.3 is 0 Å². The highest BCUT2D eigenvalue weighted by Gasteiger charge is 2.08. The van der Waals surface area contributed by atoms with Crippen LogP contribution >= 0.6 is 12.2 Å². The minimum atomic E-state index is -0.452. The Hall–Kier alpha value is -3.20. The Balaban J connectivity index is 1.93. The maximum absolute atomic E-state index is 10.6. The van der Waals surface area contributed by atoms with Crippen molar-refractivity contribution in [3.05, 3.63) is 69.1 Å². The predicted octanol–water partition coefficient (Wildman–Crippen LogP) is 2.79. The Labute approximate surface area is 135 Å². The quantitative estimate of drug-likeness (QED) is 0.344. The van der Waals surface area contributed by atoms with E-state index in [0.29, 0.717) is 21.9 Å². The number of non-ortho nitro benzene ring substituents is 1. The second-order valence-corrected chi connectivity index (χ2v) is 4.86. The van der Waals surface area contributed by atoms with Gasteiger partial charge in [0.15, 0.2) is 0 Å². The number of aromatic amines is 1. The SMILES string of the molecule is O=[N+]([O-])c1ccc(/C=N/n2c(-c3ccccn3)n[nH]c2=S)cc1. The Morgan fingerprint density at radius 3 is 2.70 bits per heavy atom.